The van der Waals surface area contributed by atoms with Crippen LogP contribution in [0, 0.1) is 11.3 Å². The Morgan fingerprint density at radius 3 is 2.85 bits per heavy atom. The fraction of sp³-hybridized carbons (Fsp3) is 0.467. The molecule has 0 saturated carbocycles. The van der Waals surface area contributed by atoms with Gasteiger partial charge in [-0.2, -0.15) is 5.26 Å². The molecule has 4 nitrogen and oxygen atoms in total. The SMILES string of the molecule is CCSc1cccc(NCC(=O)N2CCCC2)c1C#N. The summed E-state index contributed by atoms with van der Waals surface area (Å²) in [5, 5.41) is 12.4. The van der Waals surface area contributed by atoms with Crippen molar-refractivity contribution in [3.05, 3.63) is 23.8 Å². The van der Waals surface area contributed by atoms with Gasteiger partial charge in [-0.1, -0.05) is 13.0 Å². The predicted molar refractivity (Wildman–Crippen MR) is 81.9 cm³/mol. The lowest BCUT2D eigenvalue weighted by atomic mass is 10.2. The van der Waals surface area contributed by atoms with E-state index in [1.807, 2.05) is 23.1 Å². The highest BCUT2D eigenvalue weighted by Crippen LogP contribution is 2.27. The molecule has 1 heterocycles. The normalized spacial score (nSPS) is 14.1. The number of thioether (sulfide) groups is 1. The zero-order valence-corrected chi connectivity index (χ0v) is 12.5. The molecule has 106 valence electrons. The van der Waals surface area contributed by atoms with Gasteiger partial charge in [0.2, 0.25) is 5.91 Å². The van der Waals surface area contributed by atoms with Crippen LogP contribution in [-0.4, -0.2) is 36.2 Å². The van der Waals surface area contributed by atoms with E-state index in [2.05, 4.69) is 18.3 Å². The number of anilines is 1. The maximum Gasteiger partial charge on any atom is 0.241 e. The Morgan fingerprint density at radius 1 is 1.45 bits per heavy atom. The van der Waals surface area contributed by atoms with Crippen LogP contribution < -0.4 is 5.32 Å². The van der Waals surface area contributed by atoms with Crippen molar-refractivity contribution in [2.75, 3.05) is 30.7 Å². The van der Waals surface area contributed by atoms with Gasteiger partial charge in [0.05, 0.1) is 17.8 Å². The van der Waals surface area contributed by atoms with Gasteiger partial charge in [-0.3, -0.25) is 4.79 Å². The van der Waals surface area contributed by atoms with Crippen LogP contribution in [0.3, 0.4) is 0 Å². The quantitative estimate of drug-likeness (QED) is 0.847. The van der Waals surface area contributed by atoms with E-state index >= 15 is 0 Å². The van der Waals surface area contributed by atoms with Crippen molar-refractivity contribution in [3.63, 3.8) is 0 Å². The van der Waals surface area contributed by atoms with Crippen LogP contribution in [0.25, 0.3) is 0 Å². The van der Waals surface area contributed by atoms with Crippen LogP contribution >= 0.6 is 11.8 Å². The molecule has 1 aliphatic heterocycles. The van der Waals surface area contributed by atoms with Crippen molar-refractivity contribution in [2.24, 2.45) is 0 Å². The smallest absolute Gasteiger partial charge is 0.241 e. The van der Waals surface area contributed by atoms with E-state index in [0.29, 0.717) is 5.56 Å². The van der Waals surface area contributed by atoms with E-state index in [4.69, 9.17) is 0 Å². The van der Waals surface area contributed by atoms with Gasteiger partial charge in [0.25, 0.3) is 0 Å². The van der Waals surface area contributed by atoms with E-state index in [1.165, 1.54) is 0 Å². The Bertz CT molecular complexity index is 518. The molecule has 1 aliphatic rings. The maximum atomic E-state index is 12.0. The number of nitrogens with one attached hydrogen (secondary N) is 1. The van der Waals surface area contributed by atoms with Crippen molar-refractivity contribution in [2.45, 2.75) is 24.7 Å². The summed E-state index contributed by atoms with van der Waals surface area (Å²) in [6.07, 6.45) is 2.19. The van der Waals surface area contributed by atoms with Crippen LogP contribution in [0.4, 0.5) is 5.69 Å². The highest BCUT2D eigenvalue weighted by molar-refractivity contribution is 7.99. The van der Waals surface area contributed by atoms with Crippen LogP contribution in [0.5, 0.6) is 0 Å². The molecule has 0 atom stereocenters. The third-order valence-corrected chi connectivity index (χ3v) is 4.27. The molecule has 0 aromatic heterocycles. The average Bonchev–Trinajstić information content (AvgIpc) is 2.99. The van der Waals surface area contributed by atoms with Crippen LogP contribution in [0.2, 0.25) is 0 Å². The minimum Gasteiger partial charge on any atom is -0.375 e. The maximum absolute atomic E-state index is 12.0. The number of rotatable bonds is 5. The summed E-state index contributed by atoms with van der Waals surface area (Å²) in [5.41, 5.74) is 1.38. The topological polar surface area (TPSA) is 56.1 Å². The Labute approximate surface area is 124 Å². The molecule has 0 bridgehead atoms. The van der Waals surface area contributed by atoms with Gasteiger partial charge in [-0.15, -0.1) is 11.8 Å². The predicted octanol–water partition coefficient (Wildman–Crippen LogP) is 2.70. The molecule has 1 N–H and O–H groups in total. The van der Waals surface area contributed by atoms with Crippen LogP contribution in [-0.2, 0) is 4.79 Å². The number of hydrogen-bond donors (Lipinski definition) is 1. The number of benzene rings is 1. The molecule has 2 rings (SSSR count). The second-order valence-electron chi connectivity index (χ2n) is 4.66. The minimum absolute atomic E-state index is 0.111. The van der Waals surface area contributed by atoms with E-state index in [1.54, 1.807) is 11.8 Å². The van der Waals surface area contributed by atoms with Crippen LogP contribution in [0.15, 0.2) is 23.1 Å². The van der Waals surface area contributed by atoms with Gasteiger partial charge in [0.1, 0.15) is 6.07 Å². The van der Waals surface area contributed by atoms with Crippen molar-refractivity contribution >= 4 is 23.4 Å². The van der Waals surface area contributed by atoms with E-state index in [9.17, 15) is 10.1 Å². The molecule has 1 fully saturated rings. The second-order valence-corrected chi connectivity index (χ2v) is 5.97. The summed E-state index contributed by atoms with van der Waals surface area (Å²) in [4.78, 5) is 14.8. The molecular weight excluding hydrogens is 270 g/mol. The van der Waals surface area contributed by atoms with Crippen molar-refractivity contribution in [1.29, 1.82) is 5.26 Å². The Balaban J connectivity index is 2.03. The molecule has 1 aromatic carbocycles. The first-order valence-corrected chi connectivity index (χ1v) is 7.92. The molecule has 20 heavy (non-hydrogen) atoms. The third-order valence-electron chi connectivity index (χ3n) is 3.33. The molecule has 0 unspecified atom stereocenters. The monoisotopic (exact) mass is 289 g/mol. The van der Waals surface area contributed by atoms with Gasteiger partial charge < -0.3 is 10.2 Å². The first-order valence-electron chi connectivity index (χ1n) is 6.93. The van der Waals surface area contributed by atoms with E-state index in [-0.39, 0.29) is 12.5 Å². The van der Waals surface area contributed by atoms with Crippen molar-refractivity contribution in [1.82, 2.24) is 4.90 Å². The number of carbonyl (C=O) groups excluding carboxylic acids is 1. The number of hydrogen-bond acceptors (Lipinski definition) is 4. The molecule has 0 aliphatic carbocycles. The minimum atomic E-state index is 0.111. The molecular formula is C15H19N3OS. The van der Waals surface area contributed by atoms with Gasteiger partial charge in [0.15, 0.2) is 0 Å². The summed E-state index contributed by atoms with van der Waals surface area (Å²) in [6.45, 7) is 4.03. The average molecular weight is 289 g/mol. The zero-order valence-electron chi connectivity index (χ0n) is 11.7. The van der Waals surface area contributed by atoms with Crippen molar-refractivity contribution in [3.8, 4) is 6.07 Å². The summed E-state index contributed by atoms with van der Waals surface area (Å²) in [5.74, 6) is 1.03. The Kier molecular flexibility index (Phi) is 5.31. The number of nitriles is 1. The molecule has 1 saturated heterocycles. The number of amides is 1. The molecule has 0 radical (unpaired) electrons. The molecule has 1 amide bonds. The van der Waals surface area contributed by atoms with Crippen LogP contribution in [0.1, 0.15) is 25.3 Å². The number of nitrogens with zero attached hydrogens (tertiary/aromatic N) is 2. The fourth-order valence-corrected chi connectivity index (χ4v) is 3.10. The lowest BCUT2D eigenvalue weighted by Crippen LogP contribution is -2.33. The standard InChI is InChI=1S/C15H19N3OS/c1-2-20-14-7-5-6-13(12(14)10-16)17-11-15(19)18-8-3-4-9-18/h5-7,17H,2-4,8-9,11H2,1H3. The lowest BCUT2D eigenvalue weighted by Gasteiger charge is -2.17. The van der Waals surface area contributed by atoms with Gasteiger partial charge in [-0.05, 0) is 30.7 Å². The summed E-state index contributed by atoms with van der Waals surface area (Å²) < 4.78 is 0. The number of likely N-dealkylation sites (tertiary alicyclic amines) is 1. The molecule has 0 spiro atoms. The number of carbonyl (C=O) groups is 1. The fourth-order valence-electron chi connectivity index (χ4n) is 2.32. The van der Waals surface area contributed by atoms with Gasteiger partial charge >= 0.3 is 0 Å². The first-order chi connectivity index (χ1) is 9.76. The third kappa shape index (κ3) is 3.45. The first kappa shape index (κ1) is 14.7. The Hall–Kier alpha value is -1.67. The highest BCUT2D eigenvalue weighted by atomic mass is 32.2. The van der Waals surface area contributed by atoms with E-state index in [0.717, 1.165) is 42.3 Å². The lowest BCUT2D eigenvalue weighted by molar-refractivity contribution is -0.128. The second kappa shape index (κ2) is 7.20. The largest absolute Gasteiger partial charge is 0.375 e. The summed E-state index contributed by atoms with van der Waals surface area (Å²) >= 11 is 1.64. The Morgan fingerprint density at radius 2 is 2.20 bits per heavy atom. The van der Waals surface area contributed by atoms with E-state index < -0.39 is 0 Å². The zero-order chi connectivity index (χ0) is 14.4. The summed E-state index contributed by atoms with van der Waals surface area (Å²) in [6, 6.07) is 7.95. The van der Waals surface area contributed by atoms with Crippen molar-refractivity contribution < 1.29 is 4.79 Å². The summed E-state index contributed by atoms with van der Waals surface area (Å²) in [7, 11) is 0. The van der Waals surface area contributed by atoms with Gasteiger partial charge in [-0.25, -0.2) is 0 Å². The molecule has 1 aromatic rings. The van der Waals surface area contributed by atoms with Gasteiger partial charge in [0, 0.05) is 18.0 Å². The highest BCUT2D eigenvalue weighted by Gasteiger charge is 2.18. The molecule has 5 heteroatoms.